The van der Waals surface area contributed by atoms with Gasteiger partial charge < -0.3 is 14.4 Å². The number of nitrogens with one attached hydrogen (secondary N) is 1. The van der Waals surface area contributed by atoms with Gasteiger partial charge >= 0.3 is 0 Å². The first-order valence-corrected chi connectivity index (χ1v) is 8.89. The minimum atomic E-state index is -3.04. The van der Waals surface area contributed by atoms with Crippen LogP contribution in [0.15, 0.2) is 18.2 Å². The van der Waals surface area contributed by atoms with Crippen molar-refractivity contribution >= 4 is 10.0 Å². The molecule has 0 amide bonds. The van der Waals surface area contributed by atoms with Crippen LogP contribution in [0, 0.1) is 0 Å². The number of sulfonamides is 1. The molecule has 2 aliphatic heterocycles. The molecule has 116 valence electrons. The number of hydrogen-bond donors (Lipinski definition) is 1. The number of ether oxygens (including phenoxy) is 2. The second kappa shape index (κ2) is 5.82. The highest BCUT2D eigenvalue weighted by molar-refractivity contribution is 7.89. The Bertz CT molecular complexity index is 609. The van der Waals surface area contributed by atoms with E-state index in [1.807, 2.05) is 12.1 Å². The Morgan fingerprint density at radius 3 is 2.62 bits per heavy atom. The fourth-order valence-corrected chi connectivity index (χ4v) is 3.88. The number of piperazine rings is 1. The van der Waals surface area contributed by atoms with E-state index in [0.29, 0.717) is 19.9 Å². The summed E-state index contributed by atoms with van der Waals surface area (Å²) in [6.07, 6.45) is 0. The summed E-state index contributed by atoms with van der Waals surface area (Å²) in [6, 6.07) is 6.01. The van der Waals surface area contributed by atoms with E-state index in [1.54, 1.807) is 11.2 Å². The molecule has 1 fully saturated rings. The van der Waals surface area contributed by atoms with Gasteiger partial charge in [-0.15, -0.1) is 0 Å². The van der Waals surface area contributed by atoms with Gasteiger partial charge in [-0.25, -0.2) is 8.42 Å². The molecule has 1 aromatic carbocycles. The van der Waals surface area contributed by atoms with Crippen molar-refractivity contribution < 1.29 is 22.8 Å². The highest BCUT2D eigenvalue weighted by atomic mass is 32.2. The quantitative estimate of drug-likeness (QED) is 0.811. The average Bonchev–Trinajstić information content (AvgIpc) is 2.95. The summed E-state index contributed by atoms with van der Waals surface area (Å²) in [6.45, 7) is 5.77. The Morgan fingerprint density at radius 1 is 1.19 bits per heavy atom. The molecule has 1 saturated heterocycles. The van der Waals surface area contributed by atoms with Gasteiger partial charge in [0.05, 0.1) is 31.9 Å². The number of benzene rings is 1. The van der Waals surface area contributed by atoms with Crippen LogP contribution in [0.25, 0.3) is 0 Å². The highest BCUT2D eigenvalue weighted by Crippen LogP contribution is 2.32. The lowest BCUT2D eigenvalue weighted by molar-refractivity contribution is -0.917. The maximum atomic E-state index is 11.8. The molecule has 0 unspecified atom stereocenters. The van der Waals surface area contributed by atoms with Crippen molar-refractivity contribution in [3.8, 4) is 11.5 Å². The molecule has 21 heavy (non-hydrogen) atoms. The molecule has 2 aliphatic rings. The third kappa shape index (κ3) is 3.14. The van der Waals surface area contributed by atoms with Crippen molar-refractivity contribution in [2.75, 3.05) is 38.7 Å². The summed E-state index contributed by atoms with van der Waals surface area (Å²) in [5.74, 6) is 1.79. The summed E-state index contributed by atoms with van der Waals surface area (Å²) >= 11 is 0. The Balaban J connectivity index is 1.58. The summed E-state index contributed by atoms with van der Waals surface area (Å²) in [5, 5.41) is 0. The van der Waals surface area contributed by atoms with E-state index in [4.69, 9.17) is 9.47 Å². The second-order valence-corrected chi connectivity index (χ2v) is 7.67. The van der Waals surface area contributed by atoms with Crippen LogP contribution in [-0.2, 0) is 16.6 Å². The van der Waals surface area contributed by atoms with Gasteiger partial charge in [-0.2, -0.15) is 4.31 Å². The maximum Gasteiger partial charge on any atom is 0.231 e. The Morgan fingerprint density at radius 2 is 1.90 bits per heavy atom. The zero-order valence-electron chi connectivity index (χ0n) is 12.2. The topological polar surface area (TPSA) is 60.3 Å². The van der Waals surface area contributed by atoms with Crippen LogP contribution < -0.4 is 14.4 Å². The van der Waals surface area contributed by atoms with Crippen molar-refractivity contribution in [3.05, 3.63) is 23.8 Å². The van der Waals surface area contributed by atoms with Crippen molar-refractivity contribution in [3.63, 3.8) is 0 Å². The summed E-state index contributed by atoms with van der Waals surface area (Å²) < 4.78 is 36.0. The molecule has 0 saturated carbocycles. The Labute approximate surface area is 125 Å². The first-order chi connectivity index (χ1) is 10.1. The minimum Gasteiger partial charge on any atom is -0.454 e. The van der Waals surface area contributed by atoms with Crippen LogP contribution in [0.3, 0.4) is 0 Å². The van der Waals surface area contributed by atoms with Crippen LogP contribution in [-0.4, -0.2) is 51.4 Å². The van der Waals surface area contributed by atoms with Gasteiger partial charge in [0.15, 0.2) is 11.5 Å². The van der Waals surface area contributed by atoms with E-state index < -0.39 is 10.0 Å². The molecular formula is C14H21N2O4S+. The number of nitrogens with zero attached hydrogens (tertiary/aromatic N) is 1. The summed E-state index contributed by atoms with van der Waals surface area (Å²) in [4.78, 5) is 1.40. The first-order valence-electron chi connectivity index (χ1n) is 7.28. The van der Waals surface area contributed by atoms with Gasteiger partial charge in [-0.05, 0) is 25.1 Å². The monoisotopic (exact) mass is 313 g/mol. The number of hydrogen-bond acceptors (Lipinski definition) is 4. The second-order valence-electron chi connectivity index (χ2n) is 5.41. The largest absolute Gasteiger partial charge is 0.454 e. The smallest absolute Gasteiger partial charge is 0.231 e. The molecule has 3 rings (SSSR count). The minimum absolute atomic E-state index is 0.185. The molecule has 0 spiro atoms. The fourth-order valence-electron chi connectivity index (χ4n) is 2.78. The highest BCUT2D eigenvalue weighted by Gasteiger charge is 2.27. The third-order valence-corrected chi connectivity index (χ3v) is 5.96. The average molecular weight is 313 g/mol. The predicted molar refractivity (Wildman–Crippen MR) is 78.0 cm³/mol. The number of fused-ring (bicyclic) bond motifs is 1. The van der Waals surface area contributed by atoms with Crippen molar-refractivity contribution in [1.82, 2.24) is 4.31 Å². The molecule has 1 N–H and O–H groups in total. The molecular weight excluding hydrogens is 292 g/mol. The molecule has 7 heteroatoms. The molecule has 6 nitrogen and oxygen atoms in total. The van der Waals surface area contributed by atoms with Gasteiger partial charge in [0.1, 0.15) is 6.54 Å². The van der Waals surface area contributed by atoms with E-state index in [2.05, 4.69) is 6.07 Å². The van der Waals surface area contributed by atoms with E-state index in [9.17, 15) is 8.42 Å². The molecule has 0 radical (unpaired) electrons. The van der Waals surface area contributed by atoms with Gasteiger partial charge in [0.25, 0.3) is 0 Å². The third-order valence-electron chi connectivity index (χ3n) is 4.08. The normalized spacial score (nSPS) is 19.9. The van der Waals surface area contributed by atoms with Gasteiger partial charge in [0, 0.05) is 5.56 Å². The number of rotatable bonds is 4. The maximum absolute atomic E-state index is 11.8. The van der Waals surface area contributed by atoms with Gasteiger partial charge in [0.2, 0.25) is 16.8 Å². The zero-order valence-corrected chi connectivity index (χ0v) is 13.0. The van der Waals surface area contributed by atoms with Crippen LogP contribution in [0.4, 0.5) is 0 Å². The zero-order chi connectivity index (χ0) is 14.9. The summed E-state index contributed by atoms with van der Waals surface area (Å²) in [5.41, 5.74) is 1.20. The van der Waals surface area contributed by atoms with Crippen molar-refractivity contribution in [2.45, 2.75) is 13.5 Å². The van der Waals surface area contributed by atoms with Crippen LogP contribution >= 0.6 is 0 Å². The molecule has 1 aromatic rings. The van der Waals surface area contributed by atoms with Crippen LogP contribution in [0.1, 0.15) is 12.5 Å². The van der Waals surface area contributed by atoms with E-state index in [0.717, 1.165) is 31.1 Å². The lowest BCUT2D eigenvalue weighted by Gasteiger charge is -2.31. The lowest BCUT2D eigenvalue weighted by atomic mass is 10.2. The molecule has 0 aliphatic carbocycles. The van der Waals surface area contributed by atoms with Crippen molar-refractivity contribution in [1.29, 1.82) is 0 Å². The standard InChI is InChI=1S/C14H20N2O4S/c1-2-21(17,18)16-7-5-15(6-8-16)10-12-3-4-13-14(9-12)20-11-19-13/h3-4,9H,2,5-8,10-11H2,1H3/p+1. The molecule has 0 aromatic heterocycles. The van der Waals surface area contributed by atoms with E-state index in [1.165, 1.54) is 10.5 Å². The van der Waals surface area contributed by atoms with Crippen LogP contribution in [0.2, 0.25) is 0 Å². The van der Waals surface area contributed by atoms with Gasteiger partial charge in [-0.1, -0.05) is 0 Å². The SMILES string of the molecule is CCS(=O)(=O)N1CC[NH+](Cc2ccc3c(c2)OCO3)CC1. The molecule has 2 heterocycles. The van der Waals surface area contributed by atoms with E-state index in [-0.39, 0.29) is 5.75 Å². The molecule has 0 atom stereocenters. The molecule has 0 bridgehead atoms. The van der Waals surface area contributed by atoms with E-state index >= 15 is 0 Å². The Hall–Kier alpha value is -1.31. The summed E-state index contributed by atoms with van der Waals surface area (Å²) in [7, 11) is -3.04. The first kappa shape index (κ1) is 14.6. The Kier molecular flexibility index (Phi) is 4.05. The number of quaternary nitrogens is 1. The predicted octanol–water partition coefficient (Wildman–Crippen LogP) is -0.534. The lowest BCUT2D eigenvalue weighted by Crippen LogP contribution is -3.13. The fraction of sp³-hybridized carbons (Fsp3) is 0.571. The van der Waals surface area contributed by atoms with Crippen molar-refractivity contribution in [2.24, 2.45) is 0 Å². The van der Waals surface area contributed by atoms with Gasteiger partial charge in [-0.3, -0.25) is 0 Å². The van der Waals surface area contributed by atoms with Crippen LogP contribution in [0.5, 0.6) is 11.5 Å².